The summed E-state index contributed by atoms with van der Waals surface area (Å²) in [6.07, 6.45) is 0.125. The molecular weight excluding hydrogens is 314 g/mol. The molecule has 1 heterocycles. The zero-order chi connectivity index (χ0) is 17.7. The fourth-order valence-corrected chi connectivity index (χ4v) is 2.61. The largest absolute Gasteiger partial charge is 0.480 e. The summed E-state index contributed by atoms with van der Waals surface area (Å²) in [5, 5.41) is 14.4. The number of likely N-dealkylation sites (tertiary alicyclic amines) is 1. The quantitative estimate of drug-likeness (QED) is 0.678. The maximum Gasteiger partial charge on any atom is 0.326 e. The van der Waals surface area contributed by atoms with Crippen LogP contribution in [0.3, 0.4) is 0 Å². The van der Waals surface area contributed by atoms with Crippen LogP contribution in [0.2, 0.25) is 0 Å². The van der Waals surface area contributed by atoms with Gasteiger partial charge in [0, 0.05) is 31.5 Å². The van der Waals surface area contributed by atoms with Crippen LogP contribution in [0.4, 0.5) is 0 Å². The van der Waals surface area contributed by atoms with Gasteiger partial charge in [0.15, 0.2) is 0 Å². The van der Waals surface area contributed by atoms with Crippen molar-refractivity contribution in [1.82, 2.24) is 15.5 Å². The van der Waals surface area contributed by atoms with E-state index in [1.54, 1.807) is 30.3 Å². The SMILES string of the molecule is CC(=O)NCC(=O)N1CC(NC(=O)c2ccccc2)CC1C(=O)O. The van der Waals surface area contributed by atoms with E-state index in [1.165, 1.54) is 11.8 Å². The second-order valence-electron chi connectivity index (χ2n) is 5.58. The van der Waals surface area contributed by atoms with Crippen molar-refractivity contribution in [2.24, 2.45) is 0 Å². The van der Waals surface area contributed by atoms with Gasteiger partial charge < -0.3 is 20.6 Å². The van der Waals surface area contributed by atoms with Crippen LogP contribution in [0, 0.1) is 0 Å². The normalized spacial score (nSPS) is 19.6. The molecular formula is C16H19N3O5. The van der Waals surface area contributed by atoms with Crippen LogP contribution in [0.25, 0.3) is 0 Å². The molecule has 0 aliphatic carbocycles. The van der Waals surface area contributed by atoms with Gasteiger partial charge in [0.05, 0.1) is 6.54 Å². The van der Waals surface area contributed by atoms with E-state index < -0.39 is 24.0 Å². The highest BCUT2D eigenvalue weighted by molar-refractivity contribution is 5.94. The van der Waals surface area contributed by atoms with Crippen LogP contribution in [-0.4, -0.2) is 58.9 Å². The van der Waals surface area contributed by atoms with E-state index in [2.05, 4.69) is 10.6 Å². The molecule has 1 aromatic rings. The number of hydrogen-bond acceptors (Lipinski definition) is 4. The molecule has 8 nitrogen and oxygen atoms in total. The standard InChI is InChI=1S/C16H19N3O5/c1-10(20)17-8-14(21)19-9-12(7-13(19)16(23)24)18-15(22)11-5-3-2-4-6-11/h2-6,12-13H,7-9H2,1H3,(H,17,20)(H,18,22)(H,23,24). The van der Waals surface area contributed by atoms with Crippen molar-refractivity contribution in [2.75, 3.05) is 13.1 Å². The van der Waals surface area contributed by atoms with Gasteiger partial charge in [0.1, 0.15) is 6.04 Å². The van der Waals surface area contributed by atoms with Crippen LogP contribution in [0.5, 0.6) is 0 Å². The lowest BCUT2D eigenvalue weighted by Crippen LogP contribution is -2.45. The molecule has 0 aromatic heterocycles. The van der Waals surface area contributed by atoms with Gasteiger partial charge in [-0.05, 0) is 12.1 Å². The Morgan fingerprint density at radius 3 is 2.46 bits per heavy atom. The highest BCUT2D eigenvalue weighted by Crippen LogP contribution is 2.19. The van der Waals surface area contributed by atoms with E-state index in [0.29, 0.717) is 5.56 Å². The monoisotopic (exact) mass is 333 g/mol. The third kappa shape index (κ3) is 4.31. The highest BCUT2D eigenvalue weighted by atomic mass is 16.4. The van der Waals surface area contributed by atoms with Gasteiger partial charge in [-0.3, -0.25) is 14.4 Å². The average Bonchev–Trinajstić information content (AvgIpc) is 2.97. The number of carbonyl (C=O) groups excluding carboxylic acids is 3. The van der Waals surface area contributed by atoms with Gasteiger partial charge in [-0.15, -0.1) is 0 Å². The number of carboxylic acid groups (broad SMARTS) is 1. The van der Waals surface area contributed by atoms with Gasteiger partial charge in [0.2, 0.25) is 11.8 Å². The maximum absolute atomic E-state index is 12.1. The number of nitrogens with zero attached hydrogens (tertiary/aromatic N) is 1. The van der Waals surface area contributed by atoms with Crippen molar-refractivity contribution in [3.8, 4) is 0 Å². The Balaban J connectivity index is 2.01. The molecule has 0 bridgehead atoms. The molecule has 8 heteroatoms. The highest BCUT2D eigenvalue weighted by Gasteiger charge is 2.40. The van der Waals surface area contributed by atoms with Crippen LogP contribution in [-0.2, 0) is 14.4 Å². The molecule has 0 spiro atoms. The van der Waals surface area contributed by atoms with E-state index in [1.807, 2.05) is 0 Å². The van der Waals surface area contributed by atoms with Gasteiger partial charge in [0.25, 0.3) is 5.91 Å². The molecule has 2 rings (SSSR count). The predicted molar refractivity (Wildman–Crippen MR) is 84.1 cm³/mol. The minimum Gasteiger partial charge on any atom is -0.480 e. The molecule has 1 aliphatic rings. The Morgan fingerprint density at radius 2 is 1.88 bits per heavy atom. The lowest BCUT2D eigenvalue weighted by Gasteiger charge is -2.21. The molecule has 3 N–H and O–H groups in total. The summed E-state index contributed by atoms with van der Waals surface area (Å²) in [6.45, 7) is 1.10. The zero-order valence-corrected chi connectivity index (χ0v) is 13.2. The second-order valence-corrected chi connectivity index (χ2v) is 5.58. The summed E-state index contributed by atoms with van der Waals surface area (Å²) < 4.78 is 0. The Hall–Kier alpha value is -2.90. The van der Waals surface area contributed by atoms with Crippen molar-refractivity contribution in [2.45, 2.75) is 25.4 Å². The van der Waals surface area contributed by atoms with E-state index in [4.69, 9.17) is 0 Å². The summed E-state index contributed by atoms with van der Waals surface area (Å²) >= 11 is 0. The number of hydrogen-bond donors (Lipinski definition) is 3. The molecule has 24 heavy (non-hydrogen) atoms. The summed E-state index contributed by atoms with van der Waals surface area (Å²) in [6, 6.07) is 7.07. The summed E-state index contributed by atoms with van der Waals surface area (Å²) in [5.74, 6) is -2.32. The van der Waals surface area contributed by atoms with Crippen molar-refractivity contribution < 1.29 is 24.3 Å². The van der Waals surface area contributed by atoms with E-state index >= 15 is 0 Å². The van der Waals surface area contributed by atoms with Crippen LogP contribution in [0.1, 0.15) is 23.7 Å². The minimum absolute atomic E-state index is 0.0912. The smallest absolute Gasteiger partial charge is 0.326 e. The van der Waals surface area contributed by atoms with Crippen LogP contribution < -0.4 is 10.6 Å². The van der Waals surface area contributed by atoms with Gasteiger partial charge in [-0.1, -0.05) is 18.2 Å². The number of nitrogens with one attached hydrogen (secondary N) is 2. The number of carboxylic acids is 1. The topological polar surface area (TPSA) is 116 Å². The number of aliphatic carboxylic acids is 1. The third-order valence-electron chi connectivity index (χ3n) is 3.77. The fraction of sp³-hybridized carbons (Fsp3) is 0.375. The molecule has 2 unspecified atom stereocenters. The Kier molecular flexibility index (Phi) is 5.51. The van der Waals surface area contributed by atoms with Crippen LogP contribution >= 0.6 is 0 Å². The van der Waals surface area contributed by atoms with Gasteiger partial charge in [-0.2, -0.15) is 0 Å². The first-order chi connectivity index (χ1) is 11.4. The molecule has 3 amide bonds. The number of carbonyl (C=O) groups is 4. The van der Waals surface area contributed by atoms with Crippen molar-refractivity contribution >= 4 is 23.7 Å². The molecule has 2 atom stereocenters. The Bertz CT molecular complexity index is 646. The molecule has 1 saturated heterocycles. The van der Waals surface area contributed by atoms with E-state index in [9.17, 15) is 24.3 Å². The van der Waals surface area contributed by atoms with Crippen LogP contribution in [0.15, 0.2) is 30.3 Å². The molecule has 0 radical (unpaired) electrons. The predicted octanol–water partition coefficient (Wildman–Crippen LogP) is -0.393. The molecule has 1 aromatic carbocycles. The molecule has 128 valence electrons. The Labute approximate surface area is 138 Å². The molecule has 1 aliphatic heterocycles. The van der Waals surface area contributed by atoms with Gasteiger partial charge in [-0.25, -0.2) is 4.79 Å². The first kappa shape index (κ1) is 17.5. The number of amides is 3. The summed E-state index contributed by atoms with van der Waals surface area (Å²) in [4.78, 5) is 47.7. The summed E-state index contributed by atoms with van der Waals surface area (Å²) in [7, 11) is 0. The average molecular weight is 333 g/mol. The number of benzene rings is 1. The van der Waals surface area contributed by atoms with E-state index in [-0.39, 0.29) is 31.3 Å². The van der Waals surface area contributed by atoms with Gasteiger partial charge >= 0.3 is 5.97 Å². The lowest BCUT2D eigenvalue weighted by molar-refractivity contribution is -0.148. The van der Waals surface area contributed by atoms with Crippen molar-refractivity contribution in [3.05, 3.63) is 35.9 Å². The zero-order valence-electron chi connectivity index (χ0n) is 13.2. The molecule has 1 fully saturated rings. The Morgan fingerprint density at radius 1 is 1.21 bits per heavy atom. The third-order valence-corrected chi connectivity index (χ3v) is 3.77. The first-order valence-corrected chi connectivity index (χ1v) is 7.51. The maximum atomic E-state index is 12.1. The van der Waals surface area contributed by atoms with Crippen molar-refractivity contribution in [3.63, 3.8) is 0 Å². The molecule has 0 saturated carbocycles. The lowest BCUT2D eigenvalue weighted by atomic mass is 10.1. The van der Waals surface area contributed by atoms with Crippen molar-refractivity contribution in [1.29, 1.82) is 0 Å². The fourth-order valence-electron chi connectivity index (χ4n) is 2.61. The number of rotatable bonds is 5. The second kappa shape index (κ2) is 7.58. The van der Waals surface area contributed by atoms with E-state index in [0.717, 1.165) is 0 Å². The minimum atomic E-state index is -1.14. The summed E-state index contributed by atoms with van der Waals surface area (Å²) in [5.41, 5.74) is 0.465. The first-order valence-electron chi connectivity index (χ1n) is 7.51.